The van der Waals surface area contributed by atoms with Crippen LogP contribution in [0.2, 0.25) is 0 Å². The van der Waals surface area contributed by atoms with E-state index in [2.05, 4.69) is 30.7 Å². The van der Waals surface area contributed by atoms with Crippen LogP contribution in [0.1, 0.15) is 27.4 Å². The lowest BCUT2D eigenvalue weighted by atomic mass is 10.1. The molecule has 2 unspecified atom stereocenters. The summed E-state index contributed by atoms with van der Waals surface area (Å²) in [6.07, 6.45) is -0.619. The van der Waals surface area contributed by atoms with Crippen LogP contribution in [0.3, 0.4) is 0 Å². The number of aliphatic hydroxyl groups is 1. The molecule has 0 radical (unpaired) electrons. The summed E-state index contributed by atoms with van der Waals surface area (Å²) in [5, 5.41) is 33.0. The number of halogens is 1. The predicted molar refractivity (Wildman–Crippen MR) is 112 cm³/mol. The highest BCUT2D eigenvalue weighted by Gasteiger charge is 2.23. The molecule has 12 nitrogen and oxygen atoms in total. The summed E-state index contributed by atoms with van der Waals surface area (Å²) in [7, 11) is 0. The van der Waals surface area contributed by atoms with Gasteiger partial charge in [-0.2, -0.15) is 10.1 Å². The maximum Gasteiger partial charge on any atom is 0.270 e. The van der Waals surface area contributed by atoms with Crippen molar-refractivity contribution in [3.05, 3.63) is 52.7 Å². The number of rotatable bonds is 7. The van der Waals surface area contributed by atoms with Gasteiger partial charge in [-0.15, -0.1) is 10.2 Å². The number of aliphatic hydroxyl groups excluding tert-OH is 1. The van der Waals surface area contributed by atoms with E-state index >= 15 is 0 Å². The quantitative estimate of drug-likeness (QED) is 0.488. The summed E-state index contributed by atoms with van der Waals surface area (Å²) in [5.74, 6) is -0.549. The summed E-state index contributed by atoms with van der Waals surface area (Å²) in [6.45, 7) is 2.48. The molecule has 1 fully saturated rings. The number of hydrogen-bond acceptors (Lipinski definition) is 10. The Morgan fingerprint density at radius 1 is 1.29 bits per heavy atom. The molecule has 2 aromatic heterocycles. The number of benzene rings is 1. The Morgan fingerprint density at radius 3 is 2.82 bits per heavy atom. The maximum atomic E-state index is 13.5. The van der Waals surface area contributed by atoms with Crippen molar-refractivity contribution in [1.82, 2.24) is 35.5 Å². The second-order valence-corrected chi connectivity index (χ2v) is 7.56. The lowest BCUT2D eigenvalue weighted by molar-refractivity contribution is -0.150. The van der Waals surface area contributed by atoms with E-state index in [0.717, 1.165) is 0 Å². The third kappa shape index (κ3) is 5.54. The Balaban J connectivity index is 1.42. The Labute approximate surface area is 193 Å². The first-order valence-corrected chi connectivity index (χ1v) is 10.4. The van der Waals surface area contributed by atoms with Crippen molar-refractivity contribution in [1.29, 1.82) is 5.26 Å². The maximum absolute atomic E-state index is 13.5. The smallest absolute Gasteiger partial charge is 0.270 e. The fourth-order valence-electron chi connectivity index (χ4n) is 3.24. The zero-order valence-electron chi connectivity index (χ0n) is 18.2. The summed E-state index contributed by atoms with van der Waals surface area (Å²) in [5.41, 5.74) is 0.889. The highest BCUT2D eigenvalue weighted by Crippen LogP contribution is 2.14. The van der Waals surface area contributed by atoms with Crippen LogP contribution in [0, 0.1) is 24.1 Å². The molecule has 1 saturated heterocycles. The number of hydrogen-bond donors (Lipinski definition) is 2. The number of nitrogens with one attached hydrogen (secondary N) is 1. The standard InChI is InChI=1S/C21H21FN8O4/c1-12-25-18(20-27-29-30(28-20)8-15-10-34-16(9-31)11-33-15)5-19(26-12)21(32)24-7-13-2-3-17(22)14(4-13)6-23/h2-5,15-16,31H,7-11H2,1H3,(H,24,32). The van der Waals surface area contributed by atoms with Gasteiger partial charge in [-0.3, -0.25) is 4.79 Å². The number of aromatic nitrogens is 6. The zero-order chi connectivity index (χ0) is 24.1. The van der Waals surface area contributed by atoms with Crippen molar-refractivity contribution in [3.63, 3.8) is 0 Å². The zero-order valence-corrected chi connectivity index (χ0v) is 18.2. The molecule has 4 rings (SSSR count). The van der Waals surface area contributed by atoms with Crippen molar-refractivity contribution in [2.75, 3.05) is 19.8 Å². The van der Waals surface area contributed by atoms with E-state index in [0.29, 0.717) is 30.2 Å². The number of tetrazole rings is 1. The normalized spacial score (nSPS) is 17.8. The Kier molecular flexibility index (Phi) is 7.12. The van der Waals surface area contributed by atoms with E-state index in [9.17, 15) is 9.18 Å². The molecule has 0 aliphatic carbocycles. The van der Waals surface area contributed by atoms with Crippen LogP contribution in [-0.4, -0.2) is 73.2 Å². The predicted octanol–water partition coefficient (Wildman–Crippen LogP) is 0.156. The number of nitriles is 1. The monoisotopic (exact) mass is 468 g/mol. The minimum Gasteiger partial charge on any atom is -0.394 e. The topological polar surface area (TPSA) is 161 Å². The Bertz CT molecular complexity index is 1220. The number of carbonyl (C=O) groups excluding carboxylic acids is 1. The van der Waals surface area contributed by atoms with E-state index in [-0.39, 0.29) is 49.0 Å². The van der Waals surface area contributed by atoms with Gasteiger partial charge >= 0.3 is 0 Å². The lowest BCUT2D eigenvalue weighted by Gasteiger charge is -2.27. The number of amides is 1. The second-order valence-electron chi connectivity index (χ2n) is 7.56. The highest BCUT2D eigenvalue weighted by molar-refractivity contribution is 5.93. The number of carbonyl (C=O) groups is 1. The van der Waals surface area contributed by atoms with Crippen LogP contribution in [0.5, 0.6) is 0 Å². The molecule has 34 heavy (non-hydrogen) atoms. The molecule has 176 valence electrons. The lowest BCUT2D eigenvalue weighted by Crippen LogP contribution is -2.40. The van der Waals surface area contributed by atoms with E-state index in [1.54, 1.807) is 13.0 Å². The molecule has 1 amide bonds. The molecule has 1 aliphatic heterocycles. The fourth-order valence-corrected chi connectivity index (χ4v) is 3.24. The van der Waals surface area contributed by atoms with Crippen molar-refractivity contribution in [2.24, 2.45) is 0 Å². The summed E-state index contributed by atoms with van der Waals surface area (Å²) in [6, 6.07) is 7.25. The Hall–Kier alpha value is -3.86. The average molecular weight is 468 g/mol. The van der Waals surface area contributed by atoms with Gasteiger partial charge in [-0.25, -0.2) is 14.4 Å². The summed E-state index contributed by atoms with van der Waals surface area (Å²) >= 11 is 0. The van der Waals surface area contributed by atoms with Gasteiger partial charge in [0.15, 0.2) is 0 Å². The number of ether oxygens (including phenoxy) is 2. The first-order chi connectivity index (χ1) is 16.4. The molecule has 0 spiro atoms. The van der Waals surface area contributed by atoms with Gasteiger partial charge in [0.25, 0.3) is 5.91 Å². The summed E-state index contributed by atoms with van der Waals surface area (Å²) < 4.78 is 24.6. The van der Waals surface area contributed by atoms with Gasteiger partial charge in [0.05, 0.1) is 31.9 Å². The van der Waals surface area contributed by atoms with Gasteiger partial charge in [-0.1, -0.05) is 6.07 Å². The van der Waals surface area contributed by atoms with Crippen molar-refractivity contribution >= 4 is 5.91 Å². The third-order valence-corrected chi connectivity index (χ3v) is 4.96. The Morgan fingerprint density at radius 2 is 2.09 bits per heavy atom. The summed E-state index contributed by atoms with van der Waals surface area (Å²) in [4.78, 5) is 22.4. The average Bonchev–Trinajstić information content (AvgIpc) is 3.32. The molecule has 2 atom stereocenters. The molecule has 0 saturated carbocycles. The SMILES string of the molecule is Cc1nc(C(=O)NCc2ccc(F)c(C#N)c2)cc(-c2nnn(CC3COC(CO)CO3)n2)n1. The van der Waals surface area contributed by atoms with E-state index in [1.807, 2.05) is 0 Å². The second kappa shape index (κ2) is 10.4. The van der Waals surface area contributed by atoms with Crippen LogP contribution in [0.25, 0.3) is 11.5 Å². The van der Waals surface area contributed by atoms with Crippen molar-refractivity contribution in [3.8, 4) is 17.6 Å². The van der Waals surface area contributed by atoms with E-state index < -0.39 is 11.7 Å². The van der Waals surface area contributed by atoms with Crippen molar-refractivity contribution in [2.45, 2.75) is 32.2 Å². The minimum atomic E-state index is -0.619. The molecule has 3 heterocycles. The van der Waals surface area contributed by atoms with Gasteiger partial charge in [0.2, 0.25) is 5.82 Å². The third-order valence-electron chi connectivity index (χ3n) is 4.96. The molecule has 13 heteroatoms. The number of nitrogens with zero attached hydrogens (tertiary/aromatic N) is 7. The molecule has 3 aromatic rings. The minimum absolute atomic E-state index is 0.0845. The van der Waals surface area contributed by atoms with E-state index in [4.69, 9.17) is 19.8 Å². The van der Waals surface area contributed by atoms with Gasteiger partial charge < -0.3 is 19.9 Å². The molecule has 1 aromatic carbocycles. The molecular formula is C21H21FN8O4. The largest absolute Gasteiger partial charge is 0.394 e. The molecule has 1 aliphatic rings. The van der Waals surface area contributed by atoms with Gasteiger partial charge in [0.1, 0.15) is 41.3 Å². The van der Waals surface area contributed by atoms with Gasteiger partial charge in [-0.05, 0) is 35.9 Å². The van der Waals surface area contributed by atoms with Crippen molar-refractivity contribution < 1.29 is 23.8 Å². The van der Waals surface area contributed by atoms with Crippen LogP contribution in [-0.2, 0) is 22.6 Å². The van der Waals surface area contributed by atoms with Crippen LogP contribution in [0.15, 0.2) is 24.3 Å². The molecule has 0 bridgehead atoms. The molecular weight excluding hydrogens is 447 g/mol. The molecule has 2 N–H and O–H groups in total. The van der Waals surface area contributed by atoms with Crippen LogP contribution < -0.4 is 5.32 Å². The first kappa shape index (κ1) is 23.3. The first-order valence-electron chi connectivity index (χ1n) is 10.4. The highest BCUT2D eigenvalue weighted by atomic mass is 19.1. The van der Waals surface area contributed by atoms with Crippen LogP contribution in [0.4, 0.5) is 4.39 Å². The fraction of sp³-hybridized carbons (Fsp3) is 0.381. The van der Waals surface area contributed by atoms with Gasteiger partial charge in [0, 0.05) is 6.54 Å². The van der Waals surface area contributed by atoms with E-state index in [1.165, 1.54) is 29.1 Å². The van der Waals surface area contributed by atoms with Crippen LogP contribution >= 0.6 is 0 Å². The number of aryl methyl sites for hydroxylation is 1.